The molecule has 1 atom stereocenters. The van der Waals surface area contributed by atoms with Crippen LogP contribution in [0.4, 0.5) is 5.69 Å². The van der Waals surface area contributed by atoms with Gasteiger partial charge in [0.15, 0.2) is 0 Å². The maximum absolute atomic E-state index is 5.27. The van der Waals surface area contributed by atoms with Crippen molar-refractivity contribution in [2.24, 2.45) is 5.92 Å². The quantitative estimate of drug-likeness (QED) is 0.780. The van der Waals surface area contributed by atoms with Gasteiger partial charge in [0.1, 0.15) is 0 Å². The van der Waals surface area contributed by atoms with Crippen LogP contribution in [-0.4, -0.2) is 18.1 Å². The van der Waals surface area contributed by atoms with Crippen LogP contribution in [0.3, 0.4) is 0 Å². The van der Waals surface area contributed by atoms with Crippen molar-refractivity contribution in [3.05, 3.63) is 18.3 Å². The molecule has 1 aromatic rings. The van der Waals surface area contributed by atoms with Gasteiger partial charge >= 0.3 is 0 Å². The first-order valence-corrected chi connectivity index (χ1v) is 5.59. The minimum atomic E-state index is 0.659. The molecule has 3 heteroatoms. The van der Waals surface area contributed by atoms with Gasteiger partial charge in [0.05, 0.1) is 18.5 Å². The second-order valence-electron chi connectivity index (χ2n) is 3.71. The number of ether oxygens (including phenoxy) is 1. The molecule has 1 aromatic heterocycles. The average molecular weight is 208 g/mol. The van der Waals surface area contributed by atoms with Crippen molar-refractivity contribution >= 4 is 5.69 Å². The summed E-state index contributed by atoms with van der Waals surface area (Å²) in [5, 5.41) is 3.35. The Morgan fingerprint density at radius 2 is 2.20 bits per heavy atom. The maximum atomic E-state index is 5.27. The smallest absolute Gasteiger partial charge is 0.213 e. The Labute approximate surface area is 91.9 Å². The van der Waals surface area contributed by atoms with Crippen LogP contribution in [0.1, 0.15) is 27.2 Å². The van der Waals surface area contributed by atoms with Gasteiger partial charge in [-0.05, 0) is 18.9 Å². The molecule has 84 valence electrons. The molecule has 0 aliphatic heterocycles. The van der Waals surface area contributed by atoms with Crippen LogP contribution in [0, 0.1) is 5.92 Å². The lowest BCUT2D eigenvalue weighted by Crippen LogP contribution is -2.10. The van der Waals surface area contributed by atoms with Crippen LogP contribution in [0.15, 0.2) is 18.3 Å². The summed E-state index contributed by atoms with van der Waals surface area (Å²) in [6.45, 7) is 8.04. The Bertz CT molecular complexity index is 271. The second kappa shape index (κ2) is 6.27. The van der Waals surface area contributed by atoms with Gasteiger partial charge in [0.25, 0.3) is 0 Å². The largest absolute Gasteiger partial charge is 0.478 e. The molecule has 0 amide bonds. The van der Waals surface area contributed by atoms with Gasteiger partial charge in [-0.3, -0.25) is 0 Å². The van der Waals surface area contributed by atoms with Gasteiger partial charge in [0, 0.05) is 12.6 Å². The molecule has 1 unspecified atom stereocenters. The predicted octanol–water partition coefficient (Wildman–Crippen LogP) is 2.94. The highest BCUT2D eigenvalue weighted by molar-refractivity contribution is 5.41. The van der Waals surface area contributed by atoms with Gasteiger partial charge in [-0.25, -0.2) is 4.98 Å². The fraction of sp³-hybridized carbons (Fsp3) is 0.583. The summed E-state index contributed by atoms with van der Waals surface area (Å²) in [5.41, 5.74) is 1.05. The molecule has 0 spiro atoms. The molecule has 0 saturated heterocycles. The number of hydrogen-bond acceptors (Lipinski definition) is 3. The molecule has 1 N–H and O–H groups in total. The van der Waals surface area contributed by atoms with Crippen molar-refractivity contribution in [1.82, 2.24) is 4.98 Å². The molecule has 1 rings (SSSR count). The summed E-state index contributed by atoms with van der Waals surface area (Å²) in [4.78, 5) is 4.19. The zero-order chi connectivity index (χ0) is 11.1. The summed E-state index contributed by atoms with van der Waals surface area (Å²) in [6, 6.07) is 3.89. The molecule has 0 aliphatic rings. The minimum Gasteiger partial charge on any atom is -0.478 e. The number of aromatic nitrogens is 1. The van der Waals surface area contributed by atoms with Crippen molar-refractivity contribution < 1.29 is 4.74 Å². The molecule has 0 saturated carbocycles. The van der Waals surface area contributed by atoms with E-state index >= 15 is 0 Å². The van der Waals surface area contributed by atoms with Gasteiger partial charge in [-0.15, -0.1) is 0 Å². The summed E-state index contributed by atoms with van der Waals surface area (Å²) in [5.74, 6) is 1.38. The fourth-order valence-electron chi connectivity index (χ4n) is 1.15. The number of hydrogen-bond donors (Lipinski definition) is 1. The first kappa shape index (κ1) is 11.8. The highest BCUT2D eigenvalue weighted by Gasteiger charge is 1.99. The lowest BCUT2D eigenvalue weighted by atomic mass is 10.1. The molecule has 1 heterocycles. The van der Waals surface area contributed by atoms with Crippen LogP contribution in [0.25, 0.3) is 0 Å². The van der Waals surface area contributed by atoms with Gasteiger partial charge in [-0.1, -0.05) is 20.3 Å². The molecule has 0 bridgehead atoms. The normalized spacial score (nSPS) is 12.2. The third-order valence-electron chi connectivity index (χ3n) is 2.38. The van der Waals surface area contributed by atoms with E-state index in [0.29, 0.717) is 18.4 Å². The molecule has 0 aromatic carbocycles. The Hall–Kier alpha value is -1.25. The maximum Gasteiger partial charge on any atom is 0.213 e. The standard InChI is InChI=1S/C12H20N2O/c1-4-10(3)8-13-11-6-7-12(14-9-11)15-5-2/h6-7,9-10,13H,4-5,8H2,1-3H3. The number of nitrogens with zero attached hydrogens (tertiary/aromatic N) is 1. The van der Waals surface area contributed by atoms with E-state index in [1.54, 1.807) is 0 Å². The Balaban J connectivity index is 2.42. The van der Waals surface area contributed by atoms with Crippen LogP contribution in [0.2, 0.25) is 0 Å². The second-order valence-corrected chi connectivity index (χ2v) is 3.71. The molecule has 0 fully saturated rings. The molecule has 3 nitrogen and oxygen atoms in total. The summed E-state index contributed by atoms with van der Waals surface area (Å²) in [6.07, 6.45) is 3.00. The van der Waals surface area contributed by atoms with Gasteiger partial charge < -0.3 is 10.1 Å². The van der Waals surface area contributed by atoms with Crippen molar-refractivity contribution in [1.29, 1.82) is 0 Å². The number of pyridine rings is 1. The van der Waals surface area contributed by atoms with Crippen LogP contribution in [-0.2, 0) is 0 Å². The zero-order valence-electron chi connectivity index (χ0n) is 9.79. The lowest BCUT2D eigenvalue weighted by Gasteiger charge is -2.11. The average Bonchev–Trinajstić information content (AvgIpc) is 2.28. The van der Waals surface area contributed by atoms with Gasteiger partial charge in [0.2, 0.25) is 5.88 Å². The van der Waals surface area contributed by atoms with Crippen LogP contribution < -0.4 is 10.1 Å². The number of rotatable bonds is 6. The molecule has 15 heavy (non-hydrogen) atoms. The topological polar surface area (TPSA) is 34.1 Å². The fourth-order valence-corrected chi connectivity index (χ4v) is 1.15. The van der Waals surface area contributed by atoms with E-state index in [1.807, 2.05) is 25.3 Å². The van der Waals surface area contributed by atoms with E-state index in [4.69, 9.17) is 4.74 Å². The third kappa shape index (κ3) is 4.19. The molecule has 0 radical (unpaired) electrons. The molecular formula is C12H20N2O. The lowest BCUT2D eigenvalue weighted by molar-refractivity contribution is 0.327. The Kier molecular flexibility index (Phi) is 4.95. The van der Waals surface area contributed by atoms with E-state index in [0.717, 1.165) is 12.2 Å². The van der Waals surface area contributed by atoms with Crippen molar-refractivity contribution in [2.45, 2.75) is 27.2 Å². The van der Waals surface area contributed by atoms with E-state index < -0.39 is 0 Å². The van der Waals surface area contributed by atoms with Crippen molar-refractivity contribution in [3.63, 3.8) is 0 Å². The Morgan fingerprint density at radius 1 is 1.40 bits per heavy atom. The first-order valence-electron chi connectivity index (χ1n) is 5.59. The van der Waals surface area contributed by atoms with Crippen molar-refractivity contribution in [2.75, 3.05) is 18.5 Å². The summed E-state index contributed by atoms with van der Waals surface area (Å²) >= 11 is 0. The highest BCUT2D eigenvalue weighted by Crippen LogP contribution is 2.12. The minimum absolute atomic E-state index is 0.659. The van der Waals surface area contributed by atoms with Crippen molar-refractivity contribution in [3.8, 4) is 5.88 Å². The monoisotopic (exact) mass is 208 g/mol. The molecular weight excluding hydrogens is 188 g/mol. The summed E-state index contributed by atoms with van der Waals surface area (Å²) in [7, 11) is 0. The van der Waals surface area contributed by atoms with Crippen LogP contribution in [0.5, 0.6) is 5.88 Å². The zero-order valence-corrected chi connectivity index (χ0v) is 9.79. The number of nitrogens with one attached hydrogen (secondary N) is 1. The third-order valence-corrected chi connectivity index (χ3v) is 2.38. The highest BCUT2D eigenvalue weighted by atomic mass is 16.5. The first-order chi connectivity index (χ1) is 7.26. The Morgan fingerprint density at radius 3 is 2.73 bits per heavy atom. The number of anilines is 1. The van der Waals surface area contributed by atoms with E-state index in [2.05, 4.69) is 24.1 Å². The SMILES string of the molecule is CCOc1ccc(NCC(C)CC)cn1. The predicted molar refractivity (Wildman–Crippen MR) is 63.4 cm³/mol. The van der Waals surface area contributed by atoms with E-state index in [-0.39, 0.29) is 0 Å². The molecule has 0 aliphatic carbocycles. The van der Waals surface area contributed by atoms with Crippen LogP contribution >= 0.6 is 0 Å². The summed E-state index contributed by atoms with van der Waals surface area (Å²) < 4.78 is 5.27. The van der Waals surface area contributed by atoms with Gasteiger partial charge in [-0.2, -0.15) is 0 Å². The van der Waals surface area contributed by atoms with E-state index in [1.165, 1.54) is 6.42 Å². The van der Waals surface area contributed by atoms with E-state index in [9.17, 15) is 0 Å².